The maximum Gasteiger partial charge on any atom is 0.151 e. The Morgan fingerprint density at radius 1 is 1.36 bits per heavy atom. The summed E-state index contributed by atoms with van der Waals surface area (Å²) in [6.07, 6.45) is 5.90. The molecular weight excluding hydrogens is 402 g/mol. The van der Waals surface area contributed by atoms with E-state index in [0.29, 0.717) is 30.1 Å². The van der Waals surface area contributed by atoms with Crippen LogP contribution in [0.3, 0.4) is 0 Å². The van der Waals surface area contributed by atoms with Crippen molar-refractivity contribution in [3.63, 3.8) is 0 Å². The van der Waals surface area contributed by atoms with E-state index in [9.17, 15) is 9.59 Å². The van der Waals surface area contributed by atoms with Gasteiger partial charge in [-0.1, -0.05) is 35.0 Å². The summed E-state index contributed by atoms with van der Waals surface area (Å²) in [6, 6.07) is 5.86. The first-order valence-electron chi connectivity index (χ1n) is 8.30. The number of hydrogen-bond acceptors (Lipinski definition) is 5. The van der Waals surface area contributed by atoms with Gasteiger partial charge in [-0.25, -0.2) is 0 Å². The smallest absolute Gasteiger partial charge is 0.151 e. The van der Waals surface area contributed by atoms with Gasteiger partial charge in [0.25, 0.3) is 0 Å². The molecule has 1 fully saturated rings. The highest BCUT2D eigenvalue weighted by Crippen LogP contribution is 2.48. The number of aliphatic hydroxyl groups is 1. The fraction of sp³-hybridized carbons (Fsp3) is 0.579. The summed E-state index contributed by atoms with van der Waals surface area (Å²) in [7, 11) is 2.96. The van der Waals surface area contributed by atoms with E-state index in [2.05, 4.69) is 40.8 Å². The molecule has 0 radical (unpaired) electrons. The predicted molar refractivity (Wildman–Crippen MR) is 111 cm³/mol. The molecule has 0 bridgehead atoms. The number of aldehydes is 1. The van der Waals surface area contributed by atoms with Crippen molar-refractivity contribution in [1.82, 2.24) is 5.32 Å². The lowest BCUT2D eigenvalue weighted by molar-refractivity contribution is -0.136. The zero-order chi connectivity index (χ0) is 19.5. The zero-order valence-corrected chi connectivity index (χ0v) is 18.0. The summed E-state index contributed by atoms with van der Waals surface area (Å²) in [5.74, 6) is 0.877. The molecule has 0 spiro atoms. The van der Waals surface area contributed by atoms with Crippen molar-refractivity contribution in [3.8, 4) is 0 Å². The van der Waals surface area contributed by atoms with Crippen LogP contribution in [0.4, 0.5) is 0 Å². The van der Waals surface area contributed by atoms with Crippen LogP contribution in [0.15, 0.2) is 22.7 Å². The lowest BCUT2D eigenvalue weighted by Crippen LogP contribution is -2.45. The molecule has 1 aliphatic carbocycles. The number of carbonyl (C=O) groups excluding carboxylic acids is 2. The van der Waals surface area contributed by atoms with Crippen LogP contribution >= 0.6 is 28.6 Å². The number of aliphatic hydroxyl groups excluding tert-OH is 1. The fourth-order valence-corrected chi connectivity index (χ4v) is 3.75. The number of carbonyl (C=O) groups is 2. The molecule has 1 atom stereocenters. The highest BCUT2D eigenvalue weighted by Gasteiger charge is 2.46. The lowest BCUT2D eigenvalue weighted by Gasteiger charge is -2.46. The Labute approximate surface area is 165 Å². The minimum absolute atomic E-state index is 0.0933. The molecular formula is C19H30BrNO3S. The molecule has 25 heavy (non-hydrogen) atoms. The zero-order valence-electron chi connectivity index (χ0n) is 15.5. The molecule has 0 amide bonds. The normalized spacial score (nSPS) is 15.7. The van der Waals surface area contributed by atoms with Crippen LogP contribution in [0.5, 0.6) is 0 Å². The van der Waals surface area contributed by atoms with Crippen molar-refractivity contribution < 1.29 is 14.7 Å². The van der Waals surface area contributed by atoms with Gasteiger partial charge in [-0.2, -0.15) is 12.6 Å². The molecule has 0 heterocycles. The van der Waals surface area contributed by atoms with Crippen LogP contribution in [0.1, 0.15) is 42.1 Å². The standard InChI is InChI=1S/C17H22BrNO2.CH4O.CH4S/c1-12(5-6-19-2)17(9-15(21)10-17)8-13-3-4-14(11-20)16(18)7-13;2*1-2/h3-4,7,11-12,19H,5-6,8-10H2,1-2H3;2*2H,1H3. The van der Waals surface area contributed by atoms with E-state index in [4.69, 9.17) is 5.11 Å². The Morgan fingerprint density at radius 3 is 2.40 bits per heavy atom. The highest BCUT2D eigenvalue weighted by atomic mass is 79.9. The second-order valence-corrected chi connectivity index (χ2v) is 7.05. The Morgan fingerprint density at radius 2 is 1.96 bits per heavy atom. The lowest BCUT2D eigenvalue weighted by atomic mass is 9.57. The number of Topliss-reactive ketones (excluding diaryl/α,β-unsaturated/α-hetero) is 1. The number of thiol groups is 1. The van der Waals surface area contributed by atoms with E-state index >= 15 is 0 Å². The van der Waals surface area contributed by atoms with Gasteiger partial charge in [0.2, 0.25) is 0 Å². The molecule has 1 aromatic carbocycles. The van der Waals surface area contributed by atoms with E-state index in [1.807, 2.05) is 25.2 Å². The van der Waals surface area contributed by atoms with Crippen LogP contribution in [-0.4, -0.2) is 44.1 Å². The number of benzene rings is 1. The highest BCUT2D eigenvalue weighted by molar-refractivity contribution is 9.10. The summed E-state index contributed by atoms with van der Waals surface area (Å²) in [5, 5.41) is 10.2. The van der Waals surface area contributed by atoms with Crippen molar-refractivity contribution >= 4 is 40.6 Å². The third kappa shape index (κ3) is 6.85. The number of hydrogen-bond donors (Lipinski definition) is 3. The topological polar surface area (TPSA) is 66.4 Å². The Hall–Kier alpha value is -0.690. The second kappa shape index (κ2) is 12.6. The molecule has 0 aromatic heterocycles. The predicted octanol–water partition coefficient (Wildman–Crippen LogP) is 3.55. The molecule has 0 saturated heterocycles. The second-order valence-electron chi connectivity index (χ2n) is 6.20. The summed E-state index contributed by atoms with van der Waals surface area (Å²) in [4.78, 5) is 22.5. The number of rotatable bonds is 7. The van der Waals surface area contributed by atoms with Gasteiger partial charge in [-0.15, -0.1) is 0 Å². The molecule has 1 saturated carbocycles. The van der Waals surface area contributed by atoms with Crippen LogP contribution in [-0.2, 0) is 11.2 Å². The summed E-state index contributed by atoms with van der Waals surface area (Å²) in [5.41, 5.74) is 1.95. The van der Waals surface area contributed by atoms with E-state index < -0.39 is 0 Å². The van der Waals surface area contributed by atoms with Gasteiger partial charge < -0.3 is 10.4 Å². The van der Waals surface area contributed by atoms with E-state index in [0.717, 1.165) is 37.3 Å². The Balaban J connectivity index is 0.00000134. The van der Waals surface area contributed by atoms with E-state index in [1.165, 1.54) is 5.56 Å². The van der Waals surface area contributed by atoms with Crippen LogP contribution in [0.2, 0.25) is 0 Å². The quantitative estimate of drug-likeness (QED) is 0.456. The maximum absolute atomic E-state index is 11.6. The largest absolute Gasteiger partial charge is 0.400 e. The molecule has 2 rings (SSSR count). The summed E-state index contributed by atoms with van der Waals surface area (Å²) in [6.45, 7) is 3.23. The first kappa shape index (κ1) is 24.3. The number of halogens is 1. The number of nitrogens with one attached hydrogen (secondary N) is 1. The Kier molecular flexibility index (Phi) is 12.3. The van der Waals surface area contributed by atoms with Crippen molar-refractivity contribution in [1.29, 1.82) is 0 Å². The molecule has 4 nitrogen and oxygen atoms in total. The first-order chi connectivity index (χ1) is 12.0. The van der Waals surface area contributed by atoms with Gasteiger partial charge in [0, 0.05) is 30.0 Å². The van der Waals surface area contributed by atoms with Gasteiger partial charge in [-0.3, -0.25) is 9.59 Å². The van der Waals surface area contributed by atoms with E-state index in [-0.39, 0.29) is 5.41 Å². The molecule has 1 unspecified atom stereocenters. The molecule has 1 aliphatic rings. The molecule has 142 valence electrons. The minimum atomic E-state index is 0.0933. The number of ketones is 1. The van der Waals surface area contributed by atoms with Crippen LogP contribution in [0.25, 0.3) is 0 Å². The average molecular weight is 432 g/mol. The Bertz CT molecular complexity index is 543. The molecule has 0 aliphatic heterocycles. The first-order valence-corrected chi connectivity index (χ1v) is 9.99. The van der Waals surface area contributed by atoms with Crippen LogP contribution in [0, 0.1) is 11.3 Å². The summed E-state index contributed by atoms with van der Waals surface area (Å²) < 4.78 is 0.832. The third-order valence-electron chi connectivity index (χ3n) is 4.72. The average Bonchev–Trinajstić information content (AvgIpc) is 2.61. The molecule has 6 heteroatoms. The minimum Gasteiger partial charge on any atom is -0.400 e. The van der Waals surface area contributed by atoms with Gasteiger partial charge in [-0.05, 0) is 55.7 Å². The summed E-state index contributed by atoms with van der Waals surface area (Å²) >= 11 is 6.97. The monoisotopic (exact) mass is 431 g/mol. The van der Waals surface area contributed by atoms with Gasteiger partial charge >= 0.3 is 0 Å². The van der Waals surface area contributed by atoms with Gasteiger partial charge in [0.1, 0.15) is 5.78 Å². The maximum atomic E-state index is 11.6. The van der Waals surface area contributed by atoms with Gasteiger partial charge in [0.15, 0.2) is 6.29 Å². The van der Waals surface area contributed by atoms with Crippen LogP contribution < -0.4 is 5.32 Å². The van der Waals surface area contributed by atoms with E-state index in [1.54, 1.807) is 6.26 Å². The van der Waals surface area contributed by atoms with Crippen molar-refractivity contribution in [2.45, 2.75) is 32.6 Å². The van der Waals surface area contributed by atoms with Crippen molar-refractivity contribution in [2.24, 2.45) is 11.3 Å². The third-order valence-corrected chi connectivity index (χ3v) is 5.41. The SMILES string of the molecule is CNCCC(C)C1(Cc2ccc(C=O)c(Br)c2)CC(=O)C1.CO.CS. The fourth-order valence-electron chi connectivity index (χ4n) is 3.23. The van der Waals surface area contributed by atoms with Crippen molar-refractivity contribution in [2.75, 3.05) is 27.0 Å². The molecule has 2 N–H and O–H groups in total. The molecule has 1 aromatic rings. The van der Waals surface area contributed by atoms with Crippen molar-refractivity contribution in [3.05, 3.63) is 33.8 Å². The van der Waals surface area contributed by atoms with Gasteiger partial charge in [0.05, 0.1) is 0 Å².